The van der Waals surface area contributed by atoms with Gasteiger partial charge in [0, 0.05) is 18.1 Å². The molecule has 21 heavy (non-hydrogen) atoms. The molecule has 0 spiro atoms. The van der Waals surface area contributed by atoms with Crippen LogP contribution in [-0.2, 0) is 6.54 Å². The number of anilines is 1. The SMILES string of the molecule is Cc1nnc(N(C)Cc2ccc(Br)cc2)c(C(N)=S)c1C. The van der Waals surface area contributed by atoms with Gasteiger partial charge in [-0.05, 0) is 37.1 Å². The van der Waals surface area contributed by atoms with Gasteiger partial charge >= 0.3 is 0 Å². The van der Waals surface area contributed by atoms with Crippen molar-refractivity contribution in [2.45, 2.75) is 20.4 Å². The number of benzene rings is 1. The fourth-order valence-corrected chi connectivity index (χ4v) is 2.61. The highest BCUT2D eigenvalue weighted by atomic mass is 79.9. The lowest BCUT2D eigenvalue weighted by molar-refractivity contribution is 0.848. The lowest BCUT2D eigenvalue weighted by atomic mass is 10.1. The number of aryl methyl sites for hydroxylation is 1. The number of thiocarbonyl (C=S) groups is 1. The Labute approximate surface area is 138 Å². The molecule has 110 valence electrons. The van der Waals surface area contributed by atoms with Gasteiger partial charge in [-0.3, -0.25) is 0 Å². The molecule has 1 heterocycles. The Bertz CT molecular complexity index is 670. The number of nitrogens with zero attached hydrogens (tertiary/aromatic N) is 3. The van der Waals surface area contributed by atoms with E-state index in [0.29, 0.717) is 17.4 Å². The predicted molar refractivity (Wildman–Crippen MR) is 93.6 cm³/mol. The second kappa shape index (κ2) is 6.49. The quantitative estimate of drug-likeness (QED) is 0.844. The molecule has 2 rings (SSSR count). The minimum atomic E-state index is 0.350. The normalized spacial score (nSPS) is 10.5. The third-order valence-electron chi connectivity index (χ3n) is 3.38. The first-order chi connectivity index (χ1) is 9.90. The van der Waals surface area contributed by atoms with Gasteiger partial charge in [0.1, 0.15) is 4.99 Å². The van der Waals surface area contributed by atoms with Crippen LogP contribution < -0.4 is 10.6 Å². The van der Waals surface area contributed by atoms with Crippen LogP contribution in [0.25, 0.3) is 0 Å². The van der Waals surface area contributed by atoms with Crippen LogP contribution in [0, 0.1) is 13.8 Å². The Kier molecular flexibility index (Phi) is 4.90. The highest BCUT2D eigenvalue weighted by Gasteiger charge is 2.17. The van der Waals surface area contributed by atoms with Crippen LogP contribution >= 0.6 is 28.1 Å². The first-order valence-electron chi connectivity index (χ1n) is 6.49. The summed E-state index contributed by atoms with van der Waals surface area (Å²) in [6, 6.07) is 8.17. The van der Waals surface area contributed by atoms with Crippen molar-refractivity contribution >= 4 is 39.0 Å². The van der Waals surface area contributed by atoms with Crippen LogP contribution in [0.1, 0.15) is 22.4 Å². The molecule has 1 aromatic heterocycles. The smallest absolute Gasteiger partial charge is 0.161 e. The first kappa shape index (κ1) is 15.9. The molecule has 0 saturated heterocycles. The molecule has 0 fully saturated rings. The molecule has 0 aliphatic rings. The zero-order valence-corrected chi connectivity index (χ0v) is 14.6. The summed E-state index contributed by atoms with van der Waals surface area (Å²) in [6.07, 6.45) is 0. The van der Waals surface area contributed by atoms with Crippen LogP contribution in [0.15, 0.2) is 28.7 Å². The molecular formula is C15H17BrN4S. The van der Waals surface area contributed by atoms with Crippen molar-refractivity contribution in [3.05, 3.63) is 51.1 Å². The molecule has 0 radical (unpaired) electrons. The standard InChI is InChI=1S/C15H17BrN4S/c1-9-10(2)18-19-15(13(9)14(17)21)20(3)8-11-4-6-12(16)7-5-11/h4-7H,8H2,1-3H3,(H2,17,21). The summed E-state index contributed by atoms with van der Waals surface area (Å²) in [4.78, 5) is 2.36. The number of halogens is 1. The highest BCUT2D eigenvalue weighted by Crippen LogP contribution is 2.23. The summed E-state index contributed by atoms with van der Waals surface area (Å²) < 4.78 is 1.06. The van der Waals surface area contributed by atoms with Crippen LogP contribution in [0.4, 0.5) is 5.82 Å². The van der Waals surface area contributed by atoms with Gasteiger partial charge in [-0.1, -0.05) is 40.3 Å². The zero-order chi connectivity index (χ0) is 15.6. The number of nitrogens with two attached hydrogens (primary N) is 1. The molecule has 0 atom stereocenters. The first-order valence-corrected chi connectivity index (χ1v) is 7.69. The van der Waals surface area contributed by atoms with Gasteiger partial charge in [-0.25, -0.2) is 0 Å². The van der Waals surface area contributed by atoms with Crippen molar-refractivity contribution < 1.29 is 0 Å². The van der Waals surface area contributed by atoms with Crippen molar-refractivity contribution in [1.29, 1.82) is 0 Å². The van der Waals surface area contributed by atoms with E-state index in [-0.39, 0.29) is 0 Å². The number of aromatic nitrogens is 2. The van der Waals surface area contributed by atoms with Gasteiger partial charge in [-0.15, -0.1) is 5.10 Å². The van der Waals surface area contributed by atoms with Crippen molar-refractivity contribution in [2.24, 2.45) is 5.73 Å². The van der Waals surface area contributed by atoms with E-state index in [1.165, 1.54) is 5.56 Å². The van der Waals surface area contributed by atoms with Crippen molar-refractivity contribution in [3.63, 3.8) is 0 Å². The largest absolute Gasteiger partial charge is 0.389 e. The van der Waals surface area contributed by atoms with Crippen LogP contribution in [0.3, 0.4) is 0 Å². The molecule has 0 saturated carbocycles. The maximum absolute atomic E-state index is 5.87. The van der Waals surface area contributed by atoms with E-state index in [2.05, 4.69) is 38.3 Å². The Morgan fingerprint density at radius 1 is 1.24 bits per heavy atom. The van der Waals surface area contributed by atoms with Gasteiger partial charge in [0.15, 0.2) is 5.82 Å². The number of hydrogen-bond donors (Lipinski definition) is 1. The van der Waals surface area contributed by atoms with Crippen molar-refractivity contribution in [2.75, 3.05) is 11.9 Å². The van der Waals surface area contributed by atoms with E-state index in [4.69, 9.17) is 18.0 Å². The summed E-state index contributed by atoms with van der Waals surface area (Å²) in [6.45, 7) is 4.58. The molecular weight excluding hydrogens is 348 g/mol. The fraction of sp³-hybridized carbons (Fsp3) is 0.267. The van der Waals surface area contributed by atoms with E-state index < -0.39 is 0 Å². The zero-order valence-electron chi connectivity index (χ0n) is 12.2. The average Bonchev–Trinajstić information content (AvgIpc) is 2.43. The van der Waals surface area contributed by atoms with E-state index in [1.807, 2.05) is 37.9 Å². The maximum atomic E-state index is 5.87. The average molecular weight is 365 g/mol. The molecule has 0 aliphatic heterocycles. The van der Waals surface area contributed by atoms with Crippen molar-refractivity contribution in [1.82, 2.24) is 10.2 Å². The van der Waals surface area contributed by atoms with E-state index in [9.17, 15) is 0 Å². The lowest BCUT2D eigenvalue weighted by Gasteiger charge is -2.22. The van der Waals surface area contributed by atoms with Crippen molar-refractivity contribution in [3.8, 4) is 0 Å². The van der Waals surface area contributed by atoms with Gasteiger partial charge in [0.2, 0.25) is 0 Å². The molecule has 6 heteroatoms. The molecule has 2 aromatic rings. The third kappa shape index (κ3) is 3.57. The van der Waals surface area contributed by atoms with Crippen LogP contribution in [-0.4, -0.2) is 22.2 Å². The summed E-state index contributed by atoms with van der Waals surface area (Å²) in [5.41, 5.74) is 9.67. The Balaban J connectivity index is 2.35. The van der Waals surface area contributed by atoms with E-state index >= 15 is 0 Å². The third-order valence-corrected chi connectivity index (χ3v) is 4.11. The number of hydrogen-bond acceptors (Lipinski definition) is 4. The van der Waals surface area contributed by atoms with E-state index in [0.717, 1.165) is 21.3 Å². The minimum absolute atomic E-state index is 0.350. The summed E-state index contributed by atoms with van der Waals surface area (Å²) in [5.74, 6) is 0.716. The molecule has 0 bridgehead atoms. The van der Waals surface area contributed by atoms with E-state index in [1.54, 1.807) is 0 Å². The lowest BCUT2D eigenvalue weighted by Crippen LogP contribution is -2.25. The predicted octanol–water partition coefficient (Wildman–Crippen LogP) is 3.13. The van der Waals surface area contributed by atoms with Crippen LogP contribution in [0.2, 0.25) is 0 Å². The fourth-order valence-electron chi connectivity index (χ4n) is 2.10. The maximum Gasteiger partial charge on any atom is 0.161 e. The monoisotopic (exact) mass is 364 g/mol. The minimum Gasteiger partial charge on any atom is -0.389 e. The Morgan fingerprint density at radius 3 is 2.43 bits per heavy atom. The van der Waals surface area contributed by atoms with Gasteiger partial charge in [-0.2, -0.15) is 5.10 Å². The Morgan fingerprint density at radius 2 is 1.86 bits per heavy atom. The molecule has 0 aliphatic carbocycles. The summed E-state index contributed by atoms with van der Waals surface area (Å²) >= 11 is 8.61. The molecule has 1 aromatic carbocycles. The van der Waals surface area contributed by atoms with Gasteiger partial charge < -0.3 is 10.6 Å². The molecule has 2 N–H and O–H groups in total. The molecule has 0 amide bonds. The summed E-state index contributed by atoms with van der Waals surface area (Å²) in [5, 5.41) is 8.46. The second-order valence-corrected chi connectivity index (χ2v) is 6.31. The van der Waals surface area contributed by atoms with Crippen LogP contribution in [0.5, 0.6) is 0 Å². The molecule has 4 nitrogen and oxygen atoms in total. The molecule has 0 unspecified atom stereocenters. The summed E-state index contributed by atoms with van der Waals surface area (Å²) in [7, 11) is 1.96. The second-order valence-electron chi connectivity index (χ2n) is 4.96. The van der Waals surface area contributed by atoms with Gasteiger partial charge in [0.05, 0.1) is 11.3 Å². The Hall–Kier alpha value is -1.53. The van der Waals surface area contributed by atoms with Gasteiger partial charge in [0.25, 0.3) is 0 Å². The number of rotatable bonds is 4. The topological polar surface area (TPSA) is 55.0 Å². The highest BCUT2D eigenvalue weighted by molar-refractivity contribution is 9.10.